The summed E-state index contributed by atoms with van der Waals surface area (Å²) in [4.78, 5) is 4.48. The molecule has 26 heavy (non-hydrogen) atoms. The summed E-state index contributed by atoms with van der Waals surface area (Å²) in [5.41, 5.74) is 1.15. The second-order valence-corrected chi connectivity index (χ2v) is 8.96. The minimum atomic E-state index is -3.45. The van der Waals surface area contributed by atoms with Gasteiger partial charge in [-0.15, -0.1) is 0 Å². The first-order valence-electron chi connectivity index (χ1n) is 9.27. The summed E-state index contributed by atoms with van der Waals surface area (Å²) < 4.78 is 34.2. The Morgan fingerprint density at radius 1 is 1.12 bits per heavy atom. The molecule has 1 aromatic heterocycles. The topological polar surface area (TPSA) is 59.5 Å². The van der Waals surface area contributed by atoms with E-state index in [0.717, 1.165) is 43.4 Å². The monoisotopic (exact) mass is 372 g/mol. The lowest BCUT2D eigenvalue weighted by Gasteiger charge is -2.37. The summed E-state index contributed by atoms with van der Waals surface area (Å²) in [6, 6.07) is 11.1. The number of benzene rings is 1. The van der Waals surface area contributed by atoms with E-state index < -0.39 is 10.0 Å². The molecule has 6 heteroatoms. The highest BCUT2D eigenvalue weighted by Crippen LogP contribution is 2.40. The van der Waals surface area contributed by atoms with Crippen molar-refractivity contribution in [3.8, 4) is 5.75 Å². The molecule has 0 spiro atoms. The second-order valence-electron chi connectivity index (χ2n) is 7.12. The van der Waals surface area contributed by atoms with E-state index in [9.17, 15) is 8.42 Å². The Labute approximate surface area is 155 Å². The molecule has 138 valence electrons. The molecule has 5 nitrogen and oxygen atoms in total. The fourth-order valence-corrected chi connectivity index (χ4v) is 6.09. The maximum atomic E-state index is 13.2. The lowest BCUT2D eigenvalue weighted by molar-refractivity contribution is 0.0953. The summed E-state index contributed by atoms with van der Waals surface area (Å²) in [5, 5.41) is 0. The van der Waals surface area contributed by atoms with Crippen molar-refractivity contribution in [3.63, 3.8) is 0 Å². The SMILES string of the molecule is CCc1ccc(S(=O)(=O)N2C3CCC2CC(Oc2cccnc2)C3)cc1. The van der Waals surface area contributed by atoms with E-state index in [0.29, 0.717) is 4.90 Å². The number of piperidine rings is 1. The third kappa shape index (κ3) is 3.23. The first-order chi connectivity index (χ1) is 12.6. The Balaban J connectivity index is 1.52. The number of hydrogen-bond donors (Lipinski definition) is 0. The van der Waals surface area contributed by atoms with Crippen LogP contribution in [0.4, 0.5) is 0 Å². The van der Waals surface area contributed by atoms with Gasteiger partial charge in [0.25, 0.3) is 0 Å². The number of fused-ring (bicyclic) bond motifs is 2. The van der Waals surface area contributed by atoms with Gasteiger partial charge in [-0.05, 0) is 49.1 Å². The summed E-state index contributed by atoms with van der Waals surface area (Å²) in [7, 11) is -3.45. The van der Waals surface area contributed by atoms with Crippen molar-refractivity contribution in [2.75, 3.05) is 0 Å². The number of aryl methyl sites for hydroxylation is 1. The maximum Gasteiger partial charge on any atom is 0.243 e. The Morgan fingerprint density at radius 3 is 2.38 bits per heavy atom. The number of pyridine rings is 1. The number of hydrogen-bond acceptors (Lipinski definition) is 4. The predicted octanol–water partition coefficient (Wildman–Crippen LogP) is 3.41. The molecular formula is C20H24N2O3S. The van der Waals surface area contributed by atoms with Crippen LogP contribution in [0, 0.1) is 0 Å². The largest absolute Gasteiger partial charge is 0.489 e. The lowest BCUT2D eigenvalue weighted by Crippen LogP contribution is -2.49. The maximum absolute atomic E-state index is 13.2. The number of rotatable bonds is 5. The quantitative estimate of drug-likeness (QED) is 0.807. The highest BCUT2D eigenvalue weighted by molar-refractivity contribution is 7.89. The van der Waals surface area contributed by atoms with E-state index in [4.69, 9.17) is 4.74 Å². The molecule has 2 atom stereocenters. The number of sulfonamides is 1. The third-order valence-corrected chi connectivity index (χ3v) is 7.49. The van der Waals surface area contributed by atoms with Crippen molar-refractivity contribution < 1.29 is 13.2 Å². The minimum absolute atomic E-state index is 0.0197. The van der Waals surface area contributed by atoms with Crippen molar-refractivity contribution in [1.82, 2.24) is 9.29 Å². The van der Waals surface area contributed by atoms with Crippen molar-refractivity contribution in [1.29, 1.82) is 0 Å². The normalized spacial score (nSPS) is 26.0. The number of aromatic nitrogens is 1. The van der Waals surface area contributed by atoms with Gasteiger partial charge in [0.2, 0.25) is 10.0 Å². The summed E-state index contributed by atoms with van der Waals surface area (Å²) >= 11 is 0. The minimum Gasteiger partial charge on any atom is -0.489 e. The molecule has 2 aliphatic rings. The van der Waals surface area contributed by atoms with E-state index in [1.165, 1.54) is 0 Å². The van der Waals surface area contributed by atoms with Crippen LogP contribution in [-0.2, 0) is 16.4 Å². The van der Waals surface area contributed by atoms with Crippen LogP contribution in [-0.4, -0.2) is 35.9 Å². The Morgan fingerprint density at radius 2 is 1.81 bits per heavy atom. The molecule has 3 heterocycles. The highest BCUT2D eigenvalue weighted by atomic mass is 32.2. The standard InChI is InChI=1S/C20H24N2O3S/c1-2-15-5-9-20(10-6-15)26(23,24)22-16-7-8-17(22)13-19(12-16)25-18-4-3-11-21-14-18/h3-6,9-11,14,16-17,19H,2,7-8,12-13H2,1H3. The molecule has 0 aliphatic carbocycles. The van der Waals surface area contributed by atoms with Gasteiger partial charge in [-0.1, -0.05) is 19.1 Å². The summed E-state index contributed by atoms with van der Waals surface area (Å²) in [5.74, 6) is 0.753. The van der Waals surface area contributed by atoms with Crippen molar-refractivity contribution in [2.45, 2.75) is 62.1 Å². The fraction of sp³-hybridized carbons (Fsp3) is 0.450. The molecule has 4 rings (SSSR count). The zero-order valence-corrected chi connectivity index (χ0v) is 15.7. The summed E-state index contributed by atoms with van der Waals surface area (Å²) in [6.07, 6.45) is 7.66. The fourth-order valence-electron chi connectivity index (χ4n) is 4.20. The van der Waals surface area contributed by atoms with Crippen LogP contribution in [0.3, 0.4) is 0 Å². The Bertz CT molecular complexity index is 838. The van der Waals surface area contributed by atoms with Crippen LogP contribution < -0.4 is 4.74 Å². The highest BCUT2D eigenvalue weighted by Gasteiger charge is 2.47. The van der Waals surface area contributed by atoms with Gasteiger partial charge in [0, 0.05) is 31.1 Å². The van der Waals surface area contributed by atoms with E-state index in [2.05, 4.69) is 11.9 Å². The molecule has 2 aliphatic heterocycles. The van der Waals surface area contributed by atoms with Gasteiger partial charge in [-0.2, -0.15) is 4.31 Å². The summed E-state index contributed by atoms with van der Waals surface area (Å²) in [6.45, 7) is 2.07. The zero-order valence-electron chi connectivity index (χ0n) is 14.9. The number of ether oxygens (including phenoxy) is 1. The lowest BCUT2D eigenvalue weighted by atomic mass is 10.0. The molecule has 2 fully saturated rings. The van der Waals surface area contributed by atoms with Gasteiger partial charge in [0.05, 0.1) is 11.1 Å². The molecule has 0 amide bonds. The van der Waals surface area contributed by atoms with Crippen LogP contribution in [0.2, 0.25) is 0 Å². The molecule has 0 saturated carbocycles. The van der Waals surface area contributed by atoms with Gasteiger partial charge in [0.1, 0.15) is 11.9 Å². The molecule has 2 saturated heterocycles. The molecule has 0 radical (unpaired) electrons. The molecule has 2 aromatic rings. The average Bonchev–Trinajstić information content (AvgIpc) is 2.95. The van der Waals surface area contributed by atoms with Gasteiger partial charge < -0.3 is 4.74 Å². The second kappa shape index (κ2) is 7.00. The smallest absolute Gasteiger partial charge is 0.243 e. The van der Waals surface area contributed by atoms with Crippen LogP contribution in [0.5, 0.6) is 5.75 Å². The Kier molecular flexibility index (Phi) is 4.71. The van der Waals surface area contributed by atoms with Gasteiger partial charge in [0.15, 0.2) is 0 Å². The van der Waals surface area contributed by atoms with Crippen molar-refractivity contribution in [2.24, 2.45) is 0 Å². The predicted molar refractivity (Wildman–Crippen MR) is 99.5 cm³/mol. The first kappa shape index (κ1) is 17.5. The van der Waals surface area contributed by atoms with Crippen molar-refractivity contribution in [3.05, 3.63) is 54.4 Å². The average molecular weight is 372 g/mol. The van der Waals surface area contributed by atoms with E-state index in [1.54, 1.807) is 28.8 Å². The van der Waals surface area contributed by atoms with Crippen LogP contribution in [0.1, 0.15) is 38.2 Å². The van der Waals surface area contributed by atoms with Crippen molar-refractivity contribution >= 4 is 10.0 Å². The van der Waals surface area contributed by atoms with E-state index >= 15 is 0 Å². The van der Waals surface area contributed by atoms with Crippen LogP contribution >= 0.6 is 0 Å². The number of nitrogens with zero attached hydrogens (tertiary/aromatic N) is 2. The van der Waals surface area contributed by atoms with Gasteiger partial charge in [-0.3, -0.25) is 4.98 Å². The van der Waals surface area contributed by atoms with E-state index in [-0.39, 0.29) is 18.2 Å². The molecule has 1 aromatic carbocycles. The third-order valence-electron chi connectivity index (χ3n) is 5.47. The van der Waals surface area contributed by atoms with Gasteiger partial charge in [-0.25, -0.2) is 8.42 Å². The molecule has 2 unspecified atom stereocenters. The van der Waals surface area contributed by atoms with Crippen LogP contribution in [0.15, 0.2) is 53.7 Å². The van der Waals surface area contributed by atoms with E-state index in [1.807, 2.05) is 24.3 Å². The molecular weight excluding hydrogens is 348 g/mol. The van der Waals surface area contributed by atoms with Crippen LogP contribution in [0.25, 0.3) is 0 Å². The molecule has 2 bridgehead atoms. The van der Waals surface area contributed by atoms with Gasteiger partial charge >= 0.3 is 0 Å². The molecule has 0 N–H and O–H groups in total. The first-order valence-corrected chi connectivity index (χ1v) is 10.7. The Hall–Kier alpha value is -1.92. The zero-order chi connectivity index (χ0) is 18.1.